The van der Waals surface area contributed by atoms with E-state index in [1.807, 2.05) is 0 Å². The van der Waals surface area contributed by atoms with Gasteiger partial charge in [-0.2, -0.15) is 0 Å². The van der Waals surface area contributed by atoms with Gasteiger partial charge in [0, 0.05) is 10.9 Å². The van der Waals surface area contributed by atoms with Gasteiger partial charge in [-0.15, -0.1) is 4.39 Å². The third-order valence-corrected chi connectivity index (χ3v) is 1.60. The SMILES string of the molecule is FC#Cc1[c]ccc2occc12. The first-order valence-electron chi connectivity index (χ1n) is 3.41. The highest BCUT2D eigenvalue weighted by Gasteiger charge is 1.99. The van der Waals surface area contributed by atoms with Gasteiger partial charge in [-0.3, -0.25) is 0 Å². The van der Waals surface area contributed by atoms with Crippen molar-refractivity contribution in [2.45, 2.75) is 0 Å². The van der Waals surface area contributed by atoms with E-state index in [0.717, 1.165) is 5.39 Å². The fraction of sp³-hybridized carbons (Fsp3) is 0. The van der Waals surface area contributed by atoms with Crippen molar-refractivity contribution in [2.75, 3.05) is 0 Å². The standard InChI is InChI=1S/C10H4FO/c11-6-4-8-2-1-3-10-9(8)5-7-12-10/h1,3,5,7H. The molecule has 0 aliphatic carbocycles. The minimum atomic E-state index is 0.531. The van der Waals surface area contributed by atoms with Crippen LogP contribution in [0.3, 0.4) is 0 Å². The Morgan fingerprint density at radius 3 is 3.17 bits per heavy atom. The molecule has 12 heavy (non-hydrogen) atoms. The average Bonchev–Trinajstić information content (AvgIpc) is 2.53. The van der Waals surface area contributed by atoms with Gasteiger partial charge in [0.2, 0.25) is 0 Å². The highest BCUT2D eigenvalue weighted by atomic mass is 19.1. The van der Waals surface area contributed by atoms with Gasteiger partial charge in [0.25, 0.3) is 0 Å². The Hall–Kier alpha value is -1.75. The van der Waals surface area contributed by atoms with E-state index in [-0.39, 0.29) is 0 Å². The van der Waals surface area contributed by atoms with Gasteiger partial charge in [-0.1, -0.05) is 0 Å². The summed E-state index contributed by atoms with van der Waals surface area (Å²) >= 11 is 0. The van der Waals surface area contributed by atoms with Gasteiger partial charge < -0.3 is 4.42 Å². The molecular weight excluding hydrogens is 155 g/mol. The van der Waals surface area contributed by atoms with Crippen molar-refractivity contribution in [1.29, 1.82) is 0 Å². The zero-order valence-electron chi connectivity index (χ0n) is 6.10. The molecule has 1 heterocycles. The third kappa shape index (κ3) is 0.960. The molecule has 0 N–H and O–H groups in total. The molecule has 0 saturated heterocycles. The molecule has 0 saturated carbocycles. The molecule has 0 aliphatic heterocycles. The van der Waals surface area contributed by atoms with Crippen molar-refractivity contribution in [1.82, 2.24) is 0 Å². The van der Waals surface area contributed by atoms with Crippen LogP contribution in [0.15, 0.2) is 28.9 Å². The van der Waals surface area contributed by atoms with Crippen LogP contribution in [0.25, 0.3) is 11.0 Å². The average molecular weight is 159 g/mol. The van der Waals surface area contributed by atoms with Crippen molar-refractivity contribution in [3.63, 3.8) is 0 Å². The van der Waals surface area contributed by atoms with Crippen LogP contribution in [0.5, 0.6) is 0 Å². The molecule has 0 atom stereocenters. The number of halogens is 1. The monoisotopic (exact) mass is 159 g/mol. The number of hydrogen-bond acceptors (Lipinski definition) is 1. The molecule has 2 heteroatoms. The van der Waals surface area contributed by atoms with E-state index in [1.165, 1.54) is 6.17 Å². The maximum atomic E-state index is 11.7. The molecule has 57 valence electrons. The van der Waals surface area contributed by atoms with Crippen molar-refractivity contribution in [3.05, 3.63) is 36.1 Å². The Balaban J connectivity index is 2.79. The second-order valence-electron chi connectivity index (χ2n) is 2.27. The van der Waals surface area contributed by atoms with Crippen LogP contribution >= 0.6 is 0 Å². The van der Waals surface area contributed by atoms with E-state index < -0.39 is 0 Å². The Bertz CT molecular complexity index is 459. The zero-order valence-corrected chi connectivity index (χ0v) is 6.10. The molecule has 1 radical (unpaired) electrons. The summed E-state index contributed by atoms with van der Waals surface area (Å²) in [6.07, 6.45) is 2.89. The predicted octanol–water partition coefficient (Wildman–Crippen LogP) is 2.51. The molecule has 1 aromatic heterocycles. The summed E-state index contributed by atoms with van der Waals surface area (Å²) in [5.74, 6) is 2.30. The van der Waals surface area contributed by atoms with Gasteiger partial charge >= 0.3 is 0 Å². The van der Waals surface area contributed by atoms with Gasteiger partial charge in [0.15, 0.2) is 0 Å². The van der Waals surface area contributed by atoms with E-state index in [0.29, 0.717) is 11.1 Å². The fourth-order valence-electron chi connectivity index (χ4n) is 1.09. The summed E-state index contributed by atoms with van der Waals surface area (Å²) in [7, 11) is 0. The summed E-state index contributed by atoms with van der Waals surface area (Å²) < 4.78 is 16.8. The Kier molecular flexibility index (Phi) is 1.56. The van der Waals surface area contributed by atoms with Crippen molar-refractivity contribution in [2.24, 2.45) is 0 Å². The number of hydrogen-bond donors (Lipinski definition) is 0. The van der Waals surface area contributed by atoms with Crippen LogP contribution in [0.2, 0.25) is 0 Å². The quantitative estimate of drug-likeness (QED) is 0.538. The molecule has 2 aromatic rings. The first kappa shape index (κ1) is 6.93. The molecule has 0 unspecified atom stereocenters. The predicted molar refractivity (Wildman–Crippen MR) is 43.0 cm³/mol. The lowest BCUT2D eigenvalue weighted by atomic mass is 10.1. The van der Waals surface area contributed by atoms with Gasteiger partial charge in [-0.05, 0) is 30.2 Å². The molecule has 2 rings (SSSR count). The van der Waals surface area contributed by atoms with E-state index in [9.17, 15) is 4.39 Å². The molecule has 1 nitrogen and oxygen atoms in total. The highest BCUT2D eigenvalue weighted by molar-refractivity contribution is 5.83. The Labute approximate surface area is 68.8 Å². The molecular formula is C10H4FO. The van der Waals surface area contributed by atoms with E-state index in [2.05, 4.69) is 12.0 Å². The van der Waals surface area contributed by atoms with Crippen LogP contribution in [0, 0.1) is 18.2 Å². The maximum Gasteiger partial charge on any atom is 0.135 e. The fourth-order valence-corrected chi connectivity index (χ4v) is 1.09. The van der Waals surface area contributed by atoms with E-state index in [4.69, 9.17) is 4.42 Å². The van der Waals surface area contributed by atoms with Crippen LogP contribution in [0.4, 0.5) is 4.39 Å². The second kappa shape index (κ2) is 2.71. The number of rotatable bonds is 0. The summed E-state index contributed by atoms with van der Waals surface area (Å²) in [4.78, 5) is 0. The van der Waals surface area contributed by atoms with Crippen LogP contribution in [-0.4, -0.2) is 0 Å². The Morgan fingerprint density at radius 2 is 2.33 bits per heavy atom. The second-order valence-corrected chi connectivity index (χ2v) is 2.27. The molecule has 0 bridgehead atoms. The van der Waals surface area contributed by atoms with Gasteiger partial charge in [0.1, 0.15) is 11.8 Å². The van der Waals surface area contributed by atoms with Crippen molar-refractivity contribution >= 4 is 11.0 Å². The molecule has 1 aromatic carbocycles. The number of benzene rings is 1. The van der Waals surface area contributed by atoms with Gasteiger partial charge in [0.05, 0.1) is 6.26 Å². The summed E-state index contributed by atoms with van der Waals surface area (Å²) in [6.45, 7) is 0. The summed E-state index contributed by atoms with van der Waals surface area (Å²) in [5, 5.41) is 0.794. The van der Waals surface area contributed by atoms with Crippen molar-refractivity contribution in [3.8, 4) is 12.1 Å². The first-order valence-corrected chi connectivity index (χ1v) is 3.41. The topological polar surface area (TPSA) is 13.1 Å². The first-order chi connectivity index (χ1) is 5.92. The Morgan fingerprint density at radius 1 is 1.42 bits per heavy atom. The lowest BCUT2D eigenvalue weighted by Gasteiger charge is -1.89. The van der Waals surface area contributed by atoms with Gasteiger partial charge in [-0.25, -0.2) is 0 Å². The number of fused-ring (bicyclic) bond motifs is 1. The van der Waals surface area contributed by atoms with Crippen LogP contribution in [0.1, 0.15) is 5.56 Å². The van der Waals surface area contributed by atoms with Crippen LogP contribution < -0.4 is 0 Å². The molecule has 0 spiro atoms. The third-order valence-electron chi connectivity index (χ3n) is 1.60. The highest BCUT2D eigenvalue weighted by Crippen LogP contribution is 2.18. The zero-order chi connectivity index (χ0) is 8.39. The summed E-state index contributed by atoms with van der Waals surface area (Å²) in [6, 6.07) is 7.99. The minimum absolute atomic E-state index is 0.531. The van der Waals surface area contributed by atoms with Crippen molar-refractivity contribution < 1.29 is 8.81 Å². The maximum absolute atomic E-state index is 11.7. The lowest BCUT2D eigenvalue weighted by molar-refractivity contribution is 0.616. The normalized spacial score (nSPS) is 9.42. The summed E-state index contributed by atoms with van der Waals surface area (Å²) in [5.41, 5.74) is 1.23. The lowest BCUT2D eigenvalue weighted by Crippen LogP contribution is -1.73. The number of furan rings is 1. The smallest absolute Gasteiger partial charge is 0.135 e. The van der Waals surface area contributed by atoms with E-state index in [1.54, 1.807) is 24.5 Å². The molecule has 0 amide bonds. The van der Waals surface area contributed by atoms with Crippen LogP contribution in [-0.2, 0) is 0 Å². The molecule has 0 fully saturated rings. The minimum Gasteiger partial charge on any atom is -0.464 e. The van der Waals surface area contributed by atoms with E-state index >= 15 is 0 Å². The molecule has 0 aliphatic rings. The largest absolute Gasteiger partial charge is 0.464 e.